The second-order valence-electron chi connectivity index (χ2n) is 13.7. The summed E-state index contributed by atoms with van der Waals surface area (Å²) in [6.07, 6.45) is 7.55. The predicted molar refractivity (Wildman–Crippen MR) is 156 cm³/mol. The summed E-state index contributed by atoms with van der Waals surface area (Å²) < 4.78 is 13.2. The van der Waals surface area contributed by atoms with E-state index >= 15 is 0 Å². The maximum atomic E-state index is 8.85. The quantitative estimate of drug-likeness (QED) is 0.139. The van der Waals surface area contributed by atoms with E-state index in [1.165, 1.54) is 43.2 Å². The molecule has 0 heterocycles. The van der Waals surface area contributed by atoms with Crippen molar-refractivity contribution in [2.45, 2.75) is 116 Å². The number of rotatable bonds is 9. The van der Waals surface area contributed by atoms with Crippen molar-refractivity contribution in [2.24, 2.45) is 34.2 Å². The number of fused-ring (bicyclic) bond motifs is 5. The second kappa shape index (κ2) is 10.8. The molecule has 0 aromatic heterocycles. The van der Waals surface area contributed by atoms with Crippen molar-refractivity contribution in [3.05, 3.63) is 33.7 Å². The van der Waals surface area contributed by atoms with Crippen molar-refractivity contribution in [2.75, 3.05) is 13.7 Å². The molecule has 0 saturated heterocycles. The lowest BCUT2D eigenvalue weighted by atomic mass is 9.53. The van der Waals surface area contributed by atoms with Crippen LogP contribution in [0.5, 0.6) is 11.5 Å². The molecule has 2 fully saturated rings. The fourth-order valence-corrected chi connectivity index (χ4v) is 14.9. The molecule has 37 heavy (non-hydrogen) atoms. The third-order valence-electron chi connectivity index (χ3n) is 11.2. The summed E-state index contributed by atoms with van der Waals surface area (Å²) in [5, 5.41) is 3.94. The average Bonchev–Trinajstić information content (AvgIpc) is 3.21. The van der Waals surface area contributed by atoms with Crippen LogP contribution in [0.3, 0.4) is 0 Å². The number of azide groups is 1. The van der Waals surface area contributed by atoms with Crippen LogP contribution in [0.4, 0.5) is 0 Å². The molecule has 1 aromatic carbocycles. The largest absolute Gasteiger partial charge is 0.540 e. The van der Waals surface area contributed by atoms with E-state index in [1.54, 1.807) is 0 Å². The average molecular weight is 526 g/mol. The molecule has 4 rings (SSSR count). The fraction of sp³-hybridized carbons (Fsp3) is 0.806. The van der Waals surface area contributed by atoms with Crippen molar-refractivity contribution in [1.29, 1.82) is 0 Å². The number of aryl methyl sites for hydroxylation is 1. The molecule has 1 aromatic rings. The highest BCUT2D eigenvalue weighted by Gasteiger charge is 2.55. The van der Waals surface area contributed by atoms with E-state index in [0.29, 0.717) is 46.3 Å². The van der Waals surface area contributed by atoms with E-state index in [-0.39, 0.29) is 0 Å². The van der Waals surface area contributed by atoms with Crippen LogP contribution in [-0.2, 0) is 6.42 Å². The van der Waals surface area contributed by atoms with Gasteiger partial charge in [0.25, 0.3) is 8.32 Å². The van der Waals surface area contributed by atoms with Crippen LogP contribution in [0.1, 0.15) is 105 Å². The van der Waals surface area contributed by atoms with E-state index in [9.17, 15) is 0 Å². The smallest absolute Gasteiger partial charge is 0.258 e. The minimum Gasteiger partial charge on any atom is -0.540 e. The molecule has 3 aliphatic carbocycles. The minimum atomic E-state index is -2.06. The van der Waals surface area contributed by atoms with Gasteiger partial charge in [-0.15, -0.1) is 0 Å². The van der Waals surface area contributed by atoms with Crippen LogP contribution in [0.25, 0.3) is 10.4 Å². The van der Waals surface area contributed by atoms with Gasteiger partial charge in [-0.2, -0.15) is 0 Å². The highest BCUT2D eigenvalue weighted by molar-refractivity contribution is 6.78. The maximum Gasteiger partial charge on any atom is 0.258 e. The molecule has 5 nitrogen and oxygen atoms in total. The highest BCUT2D eigenvalue weighted by atomic mass is 28.4. The lowest BCUT2D eigenvalue weighted by Crippen LogP contribution is -2.50. The van der Waals surface area contributed by atoms with E-state index in [1.807, 2.05) is 7.11 Å². The van der Waals surface area contributed by atoms with Gasteiger partial charge in [0.1, 0.15) is 5.75 Å². The predicted octanol–water partition coefficient (Wildman–Crippen LogP) is 9.67. The number of methoxy groups -OCH3 is 1. The van der Waals surface area contributed by atoms with Crippen molar-refractivity contribution < 1.29 is 9.16 Å². The Kier molecular flexibility index (Phi) is 8.31. The summed E-state index contributed by atoms with van der Waals surface area (Å²) in [7, 11) is -0.253. The van der Waals surface area contributed by atoms with Gasteiger partial charge in [0.15, 0.2) is 5.75 Å². The summed E-state index contributed by atoms with van der Waals surface area (Å²) in [5.74, 6) is 5.17. The van der Waals surface area contributed by atoms with E-state index < -0.39 is 8.32 Å². The first-order valence-electron chi connectivity index (χ1n) is 14.9. The van der Waals surface area contributed by atoms with Gasteiger partial charge in [-0.05, 0) is 119 Å². The molecule has 0 bridgehead atoms. The Morgan fingerprint density at radius 2 is 1.68 bits per heavy atom. The van der Waals surface area contributed by atoms with Gasteiger partial charge in [0, 0.05) is 11.5 Å². The molecule has 2 saturated carbocycles. The van der Waals surface area contributed by atoms with Gasteiger partial charge in [0.2, 0.25) is 0 Å². The number of ether oxygens (including phenoxy) is 1. The van der Waals surface area contributed by atoms with Gasteiger partial charge in [-0.3, -0.25) is 0 Å². The Balaban J connectivity index is 1.64. The molecule has 0 unspecified atom stereocenters. The van der Waals surface area contributed by atoms with E-state index in [0.717, 1.165) is 29.8 Å². The summed E-state index contributed by atoms with van der Waals surface area (Å²) in [6, 6.07) is 4.73. The van der Waals surface area contributed by atoms with Gasteiger partial charge < -0.3 is 9.16 Å². The monoisotopic (exact) mass is 525 g/mol. The zero-order valence-corrected chi connectivity index (χ0v) is 25.9. The second-order valence-corrected chi connectivity index (χ2v) is 19.0. The van der Waals surface area contributed by atoms with Crippen molar-refractivity contribution in [1.82, 2.24) is 0 Å². The molecule has 0 aliphatic heterocycles. The van der Waals surface area contributed by atoms with Crippen LogP contribution in [0.2, 0.25) is 16.6 Å². The third kappa shape index (κ3) is 4.71. The number of nitrogens with zero attached hydrogens (tertiary/aromatic N) is 3. The first kappa shape index (κ1) is 28.4. The molecule has 0 N–H and O–H groups in total. The molecule has 6 atom stereocenters. The van der Waals surface area contributed by atoms with Gasteiger partial charge in [0.05, 0.1) is 7.11 Å². The topological polar surface area (TPSA) is 67.2 Å². The summed E-state index contributed by atoms with van der Waals surface area (Å²) in [6.45, 7) is 19.6. The number of hydrogen-bond acceptors (Lipinski definition) is 3. The van der Waals surface area contributed by atoms with Crippen LogP contribution >= 0.6 is 0 Å². The SMILES string of the molecule is COc1cc2c(cc1O[Si](C(C)C)(C(C)C)C(C)C)CC[C@@H]1[C@@H]2CC[C@]2(C)[C@@H]([C@H](C)CN=[N+]=[N-])CC[C@@H]12. The molecular weight excluding hydrogens is 474 g/mol. The number of hydrogen-bond donors (Lipinski definition) is 0. The molecular formula is C31H51N3O2Si. The zero-order valence-electron chi connectivity index (χ0n) is 24.9. The molecule has 0 amide bonds. The minimum absolute atomic E-state index is 0.368. The van der Waals surface area contributed by atoms with Crippen LogP contribution in [0, 0.1) is 29.1 Å². The number of benzene rings is 1. The molecule has 0 spiro atoms. The zero-order chi connectivity index (χ0) is 27.1. The Hall–Kier alpha value is -1.65. The van der Waals surface area contributed by atoms with Crippen LogP contribution < -0.4 is 9.16 Å². The van der Waals surface area contributed by atoms with E-state index in [2.05, 4.69) is 77.5 Å². The van der Waals surface area contributed by atoms with E-state index in [4.69, 9.17) is 14.7 Å². The summed E-state index contributed by atoms with van der Waals surface area (Å²) in [4.78, 5) is 3.04. The van der Waals surface area contributed by atoms with Gasteiger partial charge >= 0.3 is 0 Å². The first-order valence-corrected chi connectivity index (χ1v) is 17.1. The lowest BCUT2D eigenvalue weighted by Gasteiger charge is -2.52. The molecule has 206 valence electrons. The van der Waals surface area contributed by atoms with Gasteiger partial charge in [-0.25, -0.2) is 0 Å². The summed E-state index contributed by atoms with van der Waals surface area (Å²) in [5.41, 5.74) is 13.8. The van der Waals surface area contributed by atoms with Crippen molar-refractivity contribution in [3.8, 4) is 11.5 Å². The maximum absolute atomic E-state index is 8.85. The lowest BCUT2D eigenvalue weighted by molar-refractivity contribution is 0.0127. The fourth-order valence-electron chi connectivity index (χ4n) is 9.63. The Bertz CT molecular complexity index is 996. The van der Waals surface area contributed by atoms with Crippen molar-refractivity contribution in [3.63, 3.8) is 0 Å². The summed E-state index contributed by atoms with van der Waals surface area (Å²) >= 11 is 0. The third-order valence-corrected chi connectivity index (χ3v) is 17.2. The highest BCUT2D eigenvalue weighted by Crippen LogP contribution is 2.64. The molecule has 0 radical (unpaired) electrons. The first-order chi connectivity index (χ1) is 17.5. The Morgan fingerprint density at radius 3 is 2.27 bits per heavy atom. The van der Waals surface area contributed by atoms with Crippen molar-refractivity contribution >= 4 is 8.32 Å². The van der Waals surface area contributed by atoms with Gasteiger partial charge in [-0.1, -0.05) is 60.5 Å². The normalized spacial score (nSPS) is 29.9. The molecule has 6 heteroatoms. The Morgan fingerprint density at radius 1 is 1.00 bits per heavy atom. The standard InChI is InChI=1S/C31H51N3O2Si/c1-19(2)37(20(3)4,21(5)6)36-30-16-23-10-11-25-24(26(23)17-29(30)35-9)14-15-31(8)27(12-13-28(25)31)22(7)18-33-34-32/h16-17,19-22,24-25,27-28H,10-15,18H2,1-9H3/t22-,24+,25-,27-,28+,31-/m1/s1. The van der Waals surface area contributed by atoms with Crippen LogP contribution in [0.15, 0.2) is 17.2 Å². The Labute approximate surface area is 226 Å². The molecule has 3 aliphatic rings. The van der Waals surface area contributed by atoms with Crippen LogP contribution in [-0.4, -0.2) is 22.0 Å².